The molecule has 9 heteroatoms. The first-order chi connectivity index (χ1) is 17.8. The van der Waals surface area contributed by atoms with Crippen LogP contribution in [-0.4, -0.2) is 66.9 Å². The van der Waals surface area contributed by atoms with E-state index in [0.29, 0.717) is 12.8 Å². The fourth-order valence-corrected chi connectivity index (χ4v) is 3.77. The second-order valence-corrected chi connectivity index (χ2v) is 9.42. The highest BCUT2D eigenvalue weighted by molar-refractivity contribution is 5.84. The minimum Gasteiger partial charge on any atom is -0.462 e. The topological polar surface area (TPSA) is 125 Å². The lowest BCUT2D eigenvalue weighted by Gasteiger charge is -2.27. The van der Waals surface area contributed by atoms with Crippen molar-refractivity contribution < 1.29 is 43.2 Å². The summed E-state index contributed by atoms with van der Waals surface area (Å²) in [4.78, 5) is 48.7. The number of hydrogen-bond donors (Lipinski definition) is 1. The standard InChI is InChI=1S/C28H50O9/c1-5-8-10-12-14-17-24(31)28(25(19-29)37-27(33)16-7-3)35-21-23(36-22(4)30)20-34-26(32)18-15-13-11-9-6-2/h23,25,28-29H,5-21H2,1-4H3. The number of aliphatic hydroxyl groups excluding tert-OH is 1. The van der Waals surface area contributed by atoms with E-state index in [2.05, 4.69) is 13.8 Å². The van der Waals surface area contributed by atoms with Gasteiger partial charge < -0.3 is 24.1 Å². The molecular formula is C28H50O9. The molecule has 0 rings (SSSR count). The molecule has 0 aliphatic carbocycles. The minimum absolute atomic E-state index is 0.152. The molecule has 0 bridgehead atoms. The Balaban J connectivity index is 5.11. The zero-order valence-corrected chi connectivity index (χ0v) is 23.5. The third-order valence-corrected chi connectivity index (χ3v) is 5.81. The van der Waals surface area contributed by atoms with Crippen LogP contribution in [0.25, 0.3) is 0 Å². The summed E-state index contributed by atoms with van der Waals surface area (Å²) in [5.41, 5.74) is 0. The highest BCUT2D eigenvalue weighted by Crippen LogP contribution is 2.15. The lowest BCUT2D eigenvalue weighted by molar-refractivity contribution is -0.174. The summed E-state index contributed by atoms with van der Waals surface area (Å²) < 4.78 is 21.6. The normalized spacial score (nSPS) is 13.4. The highest BCUT2D eigenvalue weighted by Gasteiger charge is 2.32. The van der Waals surface area contributed by atoms with Gasteiger partial charge in [-0.3, -0.25) is 19.2 Å². The van der Waals surface area contributed by atoms with Crippen molar-refractivity contribution in [2.75, 3.05) is 19.8 Å². The number of aliphatic hydroxyl groups is 1. The molecule has 3 atom stereocenters. The van der Waals surface area contributed by atoms with Gasteiger partial charge in [0, 0.05) is 26.2 Å². The summed E-state index contributed by atoms with van der Waals surface area (Å²) in [5.74, 6) is -1.81. The lowest BCUT2D eigenvalue weighted by Crippen LogP contribution is -2.44. The maximum atomic E-state index is 13.0. The third kappa shape index (κ3) is 18.8. The van der Waals surface area contributed by atoms with E-state index in [1.165, 1.54) is 6.92 Å². The first-order valence-corrected chi connectivity index (χ1v) is 14.1. The van der Waals surface area contributed by atoms with E-state index in [4.69, 9.17) is 18.9 Å². The zero-order valence-electron chi connectivity index (χ0n) is 23.5. The Morgan fingerprint density at radius 1 is 0.676 bits per heavy atom. The zero-order chi connectivity index (χ0) is 27.9. The Bertz CT molecular complexity index is 635. The number of ketones is 1. The molecule has 0 aliphatic heterocycles. The molecule has 0 heterocycles. The molecular weight excluding hydrogens is 480 g/mol. The van der Waals surface area contributed by atoms with Crippen molar-refractivity contribution in [3.05, 3.63) is 0 Å². The van der Waals surface area contributed by atoms with Crippen LogP contribution in [0, 0.1) is 0 Å². The fourth-order valence-electron chi connectivity index (χ4n) is 3.77. The van der Waals surface area contributed by atoms with Crippen molar-refractivity contribution in [1.82, 2.24) is 0 Å². The van der Waals surface area contributed by atoms with Crippen LogP contribution >= 0.6 is 0 Å². The minimum atomic E-state index is -1.22. The fraction of sp³-hybridized carbons (Fsp3) is 0.857. The number of carbonyl (C=O) groups is 4. The van der Waals surface area contributed by atoms with Crippen LogP contribution in [0.2, 0.25) is 0 Å². The molecule has 37 heavy (non-hydrogen) atoms. The van der Waals surface area contributed by atoms with Crippen molar-refractivity contribution in [2.45, 2.75) is 136 Å². The van der Waals surface area contributed by atoms with Gasteiger partial charge >= 0.3 is 17.9 Å². The Hall–Kier alpha value is -2.00. The molecule has 9 nitrogen and oxygen atoms in total. The van der Waals surface area contributed by atoms with Gasteiger partial charge in [-0.05, 0) is 19.3 Å². The average Bonchev–Trinajstić information content (AvgIpc) is 2.86. The first kappa shape index (κ1) is 35.0. The van der Waals surface area contributed by atoms with Crippen molar-refractivity contribution >= 4 is 23.7 Å². The maximum Gasteiger partial charge on any atom is 0.306 e. The van der Waals surface area contributed by atoms with Gasteiger partial charge in [-0.25, -0.2) is 0 Å². The number of carbonyl (C=O) groups excluding carboxylic acids is 4. The van der Waals surface area contributed by atoms with Gasteiger partial charge in [-0.2, -0.15) is 0 Å². The summed E-state index contributed by atoms with van der Waals surface area (Å²) >= 11 is 0. The van der Waals surface area contributed by atoms with Gasteiger partial charge in [-0.15, -0.1) is 0 Å². The van der Waals surface area contributed by atoms with Gasteiger partial charge in [0.05, 0.1) is 13.2 Å². The van der Waals surface area contributed by atoms with Gasteiger partial charge in [0.1, 0.15) is 6.61 Å². The van der Waals surface area contributed by atoms with E-state index < -0.39 is 42.8 Å². The van der Waals surface area contributed by atoms with Crippen LogP contribution < -0.4 is 0 Å². The van der Waals surface area contributed by atoms with Crippen LogP contribution in [0.5, 0.6) is 0 Å². The lowest BCUT2D eigenvalue weighted by atomic mass is 10.0. The molecule has 3 unspecified atom stereocenters. The molecule has 0 aliphatic rings. The van der Waals surface area contributed by atoms with Crippen molar-refractivity contribution in [3.8, 4) is 0 Å². The van der Waals surface area contributed by atoms with E-state index in [9.17, 15) is 24.3 Å². The van der Waals surface area contributed by atoms with E-state index in [1.54, 1.807) is 0 Å². The van der Waals surface area contributed by atoms with E-state index in [-0.39, 0.29) is 38.3 Å². The van der Waals surface area contributed by atoms with Crippen LogP contribution in [-0.2, 0) is 38.1 Å². The molecule has 0 radical (unpaired) electrons. The molecule has 0 aromatic heterocycles. The maximum absolute atomic E-state index is 13.0. The van der Waals surface area contributed by atoms with E-state index in [1.807, 2.05) is 6.92 Å². The molecule has 0 amide bonds. The van der Waals surface area contributed by atoms with Crippen LogP contribution in [0.1, 0.15) is 118 Å². The number of hydrogen-bond acceptors (Lipinski definition) is 9. The van der Waals surface area contributed by atoms with Gasteiger partial charge in [0.15, 0.2) is 24.1 Å². The van der Waals surface area contributed by atoms with Crippen molar-refractivity contribution in [2.24, 2.45) is 0 Å². The van der Waals surface area contributed by atoms with Crippen molar-refractivity contribution in [3.63, 3.8) is 0 Å². The van der Waals surface area contributed by atoms with Crippen LogP contribution in [0.3, 0.4) is 0 Å². The molecule has 216 valence electrons. The molecule has 0 spiro atoms. The largest absolute Gasteiger partial charge is 0.462 e. The number of unbranched alkanes of at least 4 members (excludes halogenated alkanes) is 8. The Morgan fingerprint density at radius 2 is 1.27 bits per heavy atom. The SMILES string of the molecule is CCCCCCCC(=O)OCC(COC(C(=O)CCCCCCC)C(CO)OC(=O)CCC)OC(C)=O. The second-order valence-electron chi connectivity index (χ2n) is 9.42. The van der Waals surface area contributed by atoms with Crippen LogP contribution in [0.4, 0.5) is 0 Å². The Kier molecular flexibility index (Phi) is 21.9. The second kappa shape index (κ2) is 23.1. The molecule has 0 saturated heterocycles. The summed E-state index contributed by atoms with van der Waals surface area (Å²) in [5, 5.41) is 9.86. The summed E-state index contributed by atoms with van der Waals surface area (Å²) in [6.45, 7) is 6.21. The first-order valence-electron chi connectivity index (χ1n) is 14.1. The number of esters is 3. The Morgan fingerprint density at radius 3 is 1.81 bits per heavy atom. The van der Waals surface area contributed by atoms with Gasteiger partial charge in [-0.1, -0.05) is 72.1 Å². The molecule has 0 saturated carbocycles. The quantitative estimate of drug-likeness (QED) is 0.106. The smallest absolute Gasteiger partial charge is 0.306 e. The molecule has 0 fully saturated rings. The average molecular weight is 531 g/mol. The predicted molar refractivity (Wildman–Crippen MR) is 140 cm³/mol. The number of rotatable bonds is 24. The third-order valence-electron chi connectivity index (χ3n) is 5.81. The predicted octanol–water partition coefficient (Wildman–Crippen LogP) is 4.84. The summed E-state index contributed by atoms with van der Waals surface area (Å²) in [6, 6.07) is 0. The number of ether oxygens (including phenoxy) is 4. The summed E-state index contributed by atoms with van der Waals surface area (Å²) in [6.07, 6.45) is 7.58. The molecule has 1 N–H and O–H groups in total. The molecule has 0 aromatic carbocycles. The summed E-state index contributed by atoms with van der Waals surface area (Å²) in [7, 11) is 0. The van der Waals surface area contributed by atoms with Gasteiger partial charge in [0.2, 0.25) is 0 Å². The van der Waals surface area contributed by atoms with Crippen molar-refractivity contribution in [1.29, 1.82) is 0 Å². The van der Waals surface area contributed by atoms with E-state index in [0.717, 1.165) is 57.8 Å². The Labute approximate surface area is 222 Å². The van der Waals surface area contributed by atoms with Crippen LogP contribution in [0.15, 0.2) is 0 Å². The molecule has 0 aromatic rings. The van der Waals surface area contributed by atoms with E-state index >= 15 is 0 Å². The monoisotopic (exact) mass is 530 g/mol. The highest BCUT2D eigenvalue weighted by atomic mass is 16.6. The number of Topliss-reactive ketones (excluding diaryl/α,β-unsaturated/α-hetero) is 1. The van der Waals surface area contributed by atoms with Gasteiger partial charge in [0.25, 0.3) is 0 Å².